The van der Waals surface area contributed by atoms with E-state index in [1.807, 2.05) is 49.2 Å². The molecule has 6 aromatic rings. The van der Waals surface area contributed by atoms with Gasteiger partial charge >= 0.3 is 5.97 Å². The molecule has 4 heterocycles. The van der Waals surface area contributed by atoms with E-state index in [0.29, 0.717) is 41.9 Å². The number of fused-ring (bicyclic) bond motifs is 2. The molecule has 0 spiro atoms. The fourth-order valence-corrected chi connectivity index (χ4v) is 10.1. The van der Waals surface area contributed by atoms with Crippen molar-refractivity contribution in [2.75, 3.05) is 22.9 Å². The Morgan fingerprint density at radius 3 is 1.44 bits per heavy atom. The van der Waals surface area contributed by atoms with Gasteiger partial charge in [-0.15, -0.1) is 0 Å². The summed E-state index contributed by atoms with van der Waals surface area (Å²) < 4.78 is 30.0. The van der Waals surface area contributed by atoms with E-state index < -0.39 is 27.1 Å². The second-order valence-electron chi connectivity index (χ2n) is 18.0. The predicted molar refractivity (Wildman–Crippen MR) is 259 cm³/mol. The lowest BCUT2D eigenvalue weighted by Gasteiger charge is -2.20. The maximum Gasteiger partial charge on any atom is 0.335 e. The molecular weight excluding hydrogens is 883 g/mol. The van der Waals surface area contributed by atoms with Gasteiger partial charge in [0.05, 0.1) is 47.4 Å². The second-order valence-corrected chi connectivity index (χ2v) is 19.9. The Morgan fingerprint density at radius 2 is 1.04 bits per heavy atom. The van der Waals surface area contributed by atoms with Crippen molar-refractivity contribution in [3.05, 3.63) is 164 Å². The number of carbonyl (C=O) groups excluding carboxylic acids is 3. The minimum absolute atomic E-state index is 0.176. The first-order chi connectivity index (χ1) is 32.4. The highest BCUT2D eigenvalue weighted by Crippen LogP contribution is 2.33. The standard InChI is InChI=1S/C27H31N5O4S.C24H26N4O3/c1-17-5-4-6-20(15-17)16-31-13-14-32-27(31)24(19(3)29-32)26(34)28-18(2)21-7-9-22(10-8-21)25(33)30-37(35,36)23-11-12-23;1-15-5-4-6-18(13-15)14-27-11-12-28-23(27)21(17(3)26-28)22(29)25-16(2)19-7-9-20(10-8-19)24(30)31/h4-10,15,18,23H,11-14,16H2,1-3H3,(H,28,34)(H,30,33);4-10,13,16H,11-12,14H2,1-3H3,(H,25,29)(H,30,31)/t18-;16-/m00/s1. The smallest absolute Gasteiger partial charge is 0.335 e. The van der Waals surface area contributed by atoms with Crippen LogP contribution < -0.4 is 25.2 Å². The molecule has 0 unspecified atom stereocenters. The molecule has 4 N–H and O–H groups in total. The highest BCUT2D eigenvalue weighted by Gasteiger charge is 2.37. The summed E-state index contributed by atoms with van der Waals surface area (Å²) in [7, 11) is -3.61. The number of hydrogen-bond acceptors (Lipinski definition) is 10. The van der Waals surface area contributed by atoms with Crippen molar-refractivity contribution in [1.82, 2.24) is 34.9 Å². The Morgan fingerprint density at radius 1 is 0.618 bits per heavy atom. The van der Waals surface area contributed by atoms with E-state index in [1.165, 1.54) is 22.3 Å². The highest BCUT2D eigenvalue weighted by molar-refractivity contribution is 7.91. The van der Waals surface area contributed by atoms with Crippen LogP contribution in [0.25, 0.3) is 0 Å². The molecule has 1 saturated carbocycles. The number of amides is 3. The number of aromatic carboxylic acids is 1. The van der Waals surface area contributed by atoms with Crippen LogP contribution in [0.5, 0.6) is 0 Å². The van der Waals surface area contributed by atoms with Gasteiger partial charge in [-0.2, -0.15) is 10.2 Å². The summed E-state index contributed by atoms with van der Waals surface area (Å²) in [6.07, 6.45) is 1.17. The summed E-state index contributed by atoms with van der Waals surface area (Å²) in [5.41, 5.74) is 9.45. The minimum atomic E-state index is -3.61. The number of anilines is 2. The van der Waals surface area contributed by atoms with Gasteiger partial charge in [0.1, 0.15) is 22.8 Å². The van der Waals surface area contributed by atoms with Gasteiger partial charge < -0.3 is 25.5 Å². The highest BCUT2D eigenvalue weighted by atomic mass is 32.2. The van der Waals surface area contributed by atoms with Crippen molar-refractivity contribution in [3.63, 3.8) is 0 Å². The molecule has 17 heteroatoms. The number of nitrogens with zero attached hydrogens (tertiary/aromatic N) is 6. The average molecular weight is 940 g/mol. The van der Waals surface area contributed by atoms with E-state index >= 15 is 0 Å². The Balaban J connectivity index is 0.000000187. The van der Waals surface area contributed by atoms with Crippen LogP contribution in [0.2, 0.25) is 0 Å². The molecular formula is C51H57N9O7S. The van der Waals surface area contributed by atoms with Gasteiger partial charge in [0.2, 0.25) is 10.0 Å². The topological polar surface area (TPSA) is 201 Å². The number of carboxylic acids is 1. The normalized spacial score (nSPS) is 14.9. The molecule has 4 aromatic carbocycles. The molecule has 16 nitrogen and oxygen atoms in total. The third kappa shape index (κ3) is 10.5. The molecule has 0 bridgehead atoms. The van der Waals surface area contributed by atoms with Crippen LogP contribution >= 0.6 is 0 Å². The average Bonchev–Trinajstić information content (AvgIpc) is 3.77. The maximum atomic E-state index is 13.4. The molecule has 2 aromatic heterocycles. The van der Waals surface area contributed by atoms with Crippen molar-refractivity contribution >= 4 is 45.3 Å². The van der Waals surface area contributed by atoms with Gasteiger partial charge in [-0.25, -0.2) is 27.3 Å². The monoisotopic (exact) mass is 939 g/mol. The van der Waals surface area contributed by atoms with Crippen LogP contribution in [0.1, 0.15) is 125 Å². The largest absolute Gasteiger partial charge is 0.478 e. The van der Waals surface area contributed by atoms with Gasteiger partial charge in [0.25, 0.3) is 17.7 Å². The van der Waals surface area contributed by atoms with Gasteiger partial charge in [0, 0.05) is 31.7 Å². The first-order valence-corrected chi connectivity index (χ1v) is 24.4. The van der Waals surface area contributed by atoms with E-state index in [-0.39, 0.29) is 35.0 Å². The Kier molecular flexibility index (Phi) is 13.6. The van der Waals surface area contributed by atoms with Crippen LogP contribution in [-0.2, 0) is 36.2 Å². The summed E-state index contributed by atoms with van der Waals surface area (Å²) >= 11 is 0. The Hall–Kier alpha value is -7.27. The summed E-state index contributed by atoms with van der Waals surface area (Å²) in [5, 5.41) is 23.9. The number of carbonyl (C=O) groups is 4. The first kappa shape index (κ1) is 47.2. The molecule has 9 rings (SSSR count). The summed E-state index contributed by atoms with van der Waals surface area (Å²) in [6.45, 7) is 16.1. The molecule has 2 aliphatic heterocycles. The summed E-state index contributed by atoms with van der Waals surface area (Å²) in [5.74, 6) is -0.320. The number of sulfonamides is 1. The lowest BCUT2D eigenvalue weighted by Crippen LogP contribution is -2.33. The number of aromatic nitrogens is 4. The molecule has 68 heavy (non-hydrogen) atoms. The third-order valence-electron chi connectivity index (χ3n) is 12.6. The molecule has 3 aliphatic rings. The number of aryl methyl sites for hydroxylation is 4. The third-order valence-corrected chi connectivity index (χ3v) is 14.4. The molecule has 0 radical (unpaired) electrons. The van der Waals surface area contributed by atoms with Crippen LogP contribution in [0, 0.1) is 27.7 Å². The summed E-state index contributed by atoms with van der Waals surface area (Å²) in [6, 6.07) is 29.3. The maximum absolute atomic E-state index is 13.4. The quantitative estimate of drug-likeness (QED) is 0.0882. The fourth-order valence-electron chi connectivity index (χ4n) is 8.83. The van der Waals surface area contributed by atoms with Crippen LogP contribution in [0.15, 0.2) is 97.1 Å². The van der Waals surface area contributed by atoms with Crippen LogP contribution in [-0.4, -0.2) is 75.1 Å². The first-order valence-electron chi connectivity index (χ1n) is 22.8. The lowest BCUT2D eigenvalue weighted by atomic mass is 10.1. The minimum Gasteiger partial charge on any atom is -0.478 e. The SMILES string of the molecule is Cc1cccc(CN2CCn3nc(C)c(C(=O)N[C@@H](C)c4ccc(C(=O)NS(=O)(=O)C5CC5)cc4)c32)c1.Cc1cccc(CN2CCn3nc(C)c(C(=O)N[C@@H](C)c4ccc(C(=O)O)cc4)c32)c1. The van der Waals surface area contributed by atoms with E-state index in [4.69, 9.17) is 5.11 Å². The number of carboxylic acid groups (broad SMARTS) is 1. The Bertz CT molecular complexity index is 2990. The van der Waals surface area contributed by atoms with Gasteiger partial charge in [-0.3, -0.25) is 14.4 Å². The fraction of sp³-hybridized carbons (Fsp3) is 0.333. The zero-order valence-corrected chi connectivity index (χ0v) is 39.9. The predicted octanol–water partition coefficient (Wildman–Crippen LogP) is 6.94. The molecule has 1 aliphatic carbocycles. The Labute approximate surface area is 396 Å². The van der Waals surface area contributed by atoms with E-state index in [0.717, 1.165) is 55.5 Å². The molecule has 354 valence electrons. The van der Waals surface area contributed by atoms with Crippen molar-refractivity contribution < 1.29 is 32.7 Å². The van der Waals surface area contributed by atoms with Crippen LogP contribution in [0.3, 0.4) is 0 Å². The van der Waals surface area contributed by atoms with E-state index in [2.05, 4.69) is 85.6 Å². The molecule has 1 fully saturated rings. The number of hydrogen-bond donors (Lipinski definition) is 4. The van der Waals surface area contributed by atoms with E-state index in [9.17, 15) is 27.6 Å². The van der Waals surface area contributed by atoms with Gasteiger partial charge in [-0.05, 0) is 101 Å². The van der Waals surface area contributed by atoms with Crippen molar-refractivity contribution in [1.29, 1.82) is 0 Å². The molecule has 3 amide bonds. The molecule has 0 saturated heterocycles. The van der Waals surface area contributed by atoms with Gasteiger partial charge in [0.15, 0.2) is 0 Å². The zero-order chi connectivity index (χ0) is 48.4. The molecule has 2 atom stereocenters. The summed E-state index contributed by atoms with van der Waals surface area (Å²) in [4.78, 5) is 54.4. The van der Waals surface area contributed by atoms with Gasteiger partial charge in [-0.1, -0.05) is 83.9 Å². The van der Waals surface area contributed by atoms with Crippen LogP contribution in [0.4, 0.5) is 11.6 Å². The zero-order valence-electron chi connectivity index (χ0n) is 39.1. The lowest BCUT2D eigenvalue weighted by molar-refractivity contribution is 0.0695. The second kappa shape index (κ2) is 19.5. The number of nitrogens with one attached hydrogen (secondary N) is 3. The van der Waals surface area contributed by atoms with Crippen molar-refractivity contribution in [2.24, 2.45) is 0 Å². The van der Waals surface area contributed by atoms with E-state index in [1.54, 1.807) is 48.5 Å². The number of benzene rings is 4. The van der Waals surface area contributed by atoms with Crippen molar-refractivity contribution in [3.8, 4) is 0 Å². The van der Waals surface area contributed by atoms with Crippen molar-refractivity contribution in [2.45, 2.75) is 97.9 Å². The number of rotatable bonds is 14.